The number of hydrogen-bond acceptors (Lipinski definition) is 1. The van der Waals surface area contributed by atoms with E-state index in [1.807, 2.05) is 32.0 Å². The zero-order chi connectivity index (χ0) is 10.3. The Morgan fingerprint density at radius 2 is 1.38 bits per heavy atom. The molecule has 0 heterocycles. The Morgan fingerprint density at radius 3 is 1.69 bits per heavy atom. The molecule has 0 aromatic heterocycles. The Balaban J connectivity index is 0.000000671. The fourth-order valence-electron chi connectivity index (χ4n) is 1.22. The lowest BCUT2D eigenvalue weighted by Crippen LogP contribution is -1.86. The van der Waals surface area contributed by atoms with Gasteiger partial charge in [-0.25, -0.2) is 0 Å². The molecule has 0 aliphatic carbocycles. The van der Waals surface area contributed by atoms with Crippen molar-refractivity contribution in [1.29, 1.82) is 0 Å². The van der Waals surface area contributed by atoms with Crippen molar-refractivity contribution in [3.05, 3.63) is 29.3 Å². The lowest BCUT2D eigenvalue weighted by molar-refractivity contribution is 0.462. The zero-order valence-corrected chi connectivity index (χ0v) is 9.09. The van der Waals surface area contributed by atoms with Crippen LogP contribution in [0.15, 0.2) is 18.2 Å². The third kappa shape index (κ3) is 3.10. The molecule has 0 saturated heterocycles. The quantitative estimate of drug-likeness (QED) is 0.738. The smallest absolute Gasteiger partial charge is 0.121 e. The van der Waals surface area contributed by atoms with Crippen LogP contribution in [-0.2, 0) is 12.8 Å². The molecule has 0 spiro atoms. The number of aromatic hydroxyl groups is 1. The number of rotatable bonds is 2. The van der Waals surface area contributed by atoms with Crippen LogP contribution >= 0.6 is 0 Å². The largest absolute Gasteiger partial charge is 0.507 e. The summed E-state index contributed by atoms with van der Waals surface area (Å²) in [6.45, 7) is 8.10. The van der Waals surface area contributed by atoms with Gasteiger partial charge in [0.1, 0.15) is 5.75 Å². The fourth-order valence-corrected chi connectivity index (χ4v) is 1.22. The van der Waals surface area contributed by atoms with Crippen molar-refractivity contribution in [2.45, 2.75) is 40.5 Å². The highest BCUT2D eigenvalue weighted by atomic mass is 16.3. The van der Waals surface area contributed by atoms with Gasteiger partial charge in [0.25, 0.3) is 0 Å². The molecule has 1 aromatic rings. The summed E-state index contributed by atoms with van der Waals surface area (Å²) < 4.78 is 0. The maximum absolute atomic E-state index is 9.59. The molecule has 0 saturated carbocycles. The lowest BCUT2D eigenvalue weighted by Gasteiger charge is -2.05. The highest BCUT2D eigenvalue weighted by molar-refractivity contribution is 5.40. The molecule has 74 valence electrons. The first-order valence-electron chi connectivity index (χ1n) is 5.09. The van der Waals surface area contributed by atoms with E-state index in [-0.39, 0.29) is 0 Å². The molecular formula is C12H20O. The summed E-state index contributed by atoms with van der Waals surface area (Å²) in [6, 6.07) is 5.93. The van der Waals surface area contributed by atoms with Crippen molar-refractivity contribution in [3.8, 4) is 5.75 Å². The highest BCUT2D eigenvalue weighted by Crippen LogP contribution is 2.22. The summed E-state index contributed by atoms with van der Waals surface area (Å²) in [5.74, 6) is 0.484. The van der Waals surface area contributed by atoms with Crippen LogP contribution in [0.2, 0.25) is 0 Å². The Hall–Kier alpha value is -0.980. The molecule has 0 aliphatic rings. The van der Waals surface area contributed by atoms with Gasteiger partial charge in [-0.05, 0) is 24.0 Å². The molecule has 1 rings (SSSR count). The van der Waals surface area contributed by atoms with Crippen LogP contribution in [0.4, 0.5) is 0 Å². The van der Waals surface area contributed by atoms with E-state index in [9.17, 15) is 5.11 Å². The maximum Gasteiger partial charge on any atom is 0.121 e. The van der Waals surface area contributed by atoms with E-state index in [0.717, 1.165) is 24.0 Å². The molecule has 1 N–H and O–H groups in total. The first kappa shape index (κ1) is 12.0. The topological polar surface area (TPSA) is 20.2 Å². The molecule has 0 radical (unpaired) electrons. The van der Waals surface area contributed by atoms with Crippen molar-refractivity contribution < 1.29 is 5.11 Å². The summed E-state index contributed by atoms with van der Waals surface area (Å²) in [6.07, 6.45) is 1.80. The van der Waals surface area contributed by atoms with Crippen molar-refractivity contribution in [2.75, 3.05) is 0 Å². The van der Waals surface area contributed by atoms with Crippen LogP contribution in [-0.4, -0.2) is 5.11 Å². The number of aryl methyl sites for hydroxylation is 2. The number of para-hydroxylation sites is 1. The van der Waals surface area contributed by atoms with Crippen LogP contribution in [0.1, 0.15) is 38.8 Å². The average Bonchev–Trinajstić information content (AvgIpc) is 2.21. The average molecular weight is 180 g/mol. The molecule has 0 amide bonds. The van der Waals surface area contributed by atoms with Crippen molar-refractivity contribution in [3.63, 3.8) is 0 Å². The Kier molecular flexibility index (Phi) is 6.03. The number of phenols is 1. The van der Waals surface area contributed by atoms with Crippen LogP contribution in [0.3, 0.4) is 0 Å². The second-order valence-corrected chi connectivity index (χ2v) is 2.63. The third-order valence-electron chi connectivity index (χ3n) is 1.96. The maximum atomic E-state index is 9.59. The monoisotopic (exact) mass is 180 g/mol. The molecular weight excluding hydrogens is 160 g/mol. The van der Waals surface area contributed by atoms with Gasteiger partial charge in [-0.2, -0.15) is 0 Å². The summed E-state index contributed by atoms with van der Waals surface area (Å²) in [5, 5.41) is 9.59. The molecule has 0 atom stereocenters. The molecule has 1 nitrogen and oxygen atoms in total. The number of phenolic OH excluding ortho intramolecular Hbond substituents is 1. The van der Waals surface area contributed by atoms with Gasteiger partial charge in [0.15, 0.2) is 0 Å². The van der Waals surface area contributed by atoms with E-state index in [1.165, 1.54) is 0 Å². The second-order valence-electron chi connectivity index (χ2n) is 2.63. The zero-order valence-electron chi connectivity index (χ0n) is 9.09. The first-order valence-corrected chi connectivity index (χ1v) is 5.09. The molecule has 13 heavy (non-hydrogen) atoms. The molecule has 1 heteroatoms. The first-order chi connectivity index (χ1) is 6.29. The van der Waals surface area contributed by atoms with Crippen molar-refractivity contribution in [2.24, 2.45) is 0 Å². The third-order valence-corrected chi connectivity index (χ3v) is 1.96. The molecule has 0 aliphatic heterocycles. The Morgan fingerprint density at radius 1 is 1.00 bits per heavy atom. The van der Waals surface area contributed by atoms with Crippen LogP contribution in [0.25, 0.3) is 0 Å². The van der Waals surface area contributed by atoms with Crippen LogP contribution < -0.4 is 0 Å². The van der Waals surface area contributed by atoms with E-state index >= 15 is 0 Å². The van der Waals surface area contributed by atoms with Gasteiger partial charge >= 0.3 is 0 Å². The van der Waals surface area contributed by atoms with Gasteiger partial charge < -0.3 is 5.11 Å². The fraction of sp³-hybridized carbons (Fsp3) is 0.500. The van der Waals surface area contributed by atoms with Gasteiger partial charge in [0.2, 0.25) is 0 Å². The van der Waals surface area contributed by atoms with Gasteiger partial charge in [0, 0.05) is 0 Å². The predicted molar refractivity (Wildman–Crippen MR) is 58.2 cm³/mol. The molecule has 1 aromatic carbocycles. The minimum atomic E-state index is 0.484. The van der Waals surface area contributed by atoms with Gasteiger partial charge in [-0.15, -0.1) is 0 Å². The molecule has 0 fully saturated rings. The lowest BCUT2D eigenvalue weighted by atomic mass is 10.1. The summed E-state index contributed by atoms with van der Waals surface area (Å²) >= 11 is 0. The van der Waals surface area contributed by atoms with Crippen LogP contribution in [0.5, 0.6) is 5.75 Å². The molecule has 0 unspecified atom stereocenters. The standard InChI is InChI=1S/C10H14O.C2H6/c1-3-8-6-5-7-9(4-2)10(8)11;1-2/h5-7,11H,3-4H2,1-2H3;1-2H3. The minimum absolute atomic E-state index is 0.484. The summed E-state index contributed by atoms with van der Waals surface area (Å²) in [4.78, 5) is 0. The van der Waals surface area contributed by atoms with E-state index in [4.69, 9.17) is 0 Å². The highest BCUT2D eigenvalue weighted by Gasteiger charge is 2.01. The second kappa shape index (κ2) is 6.53. The Labute approximate surface area is 81.4 Å². The number of hydrogen-bond donors (Lipinski definition) is 1. The van der Waals surface area contributed by atoms with Gasteiger partial charge in [-0.3, -0.25) is 0 Å². The van der Waals surface area contributed by atoms with E-state index < -0.39 is 0 Å². The Bertz CT molecular complexity index is 219. The summed E-state index contributed by atoms with van der Waals surface area (Å²) in [5.41, 5.74) is 2.09. The van der Waals surface area contributed by atoms with Crippen molar-refractivity contribution >= 4 is 0 Å². The van der Waals surface area contributed by atoms with E-state index in [2.05, 4.69) is 13.8 Å². The minimum Gasteiger partial charge on any atom is -0.507 e. The summed E-state index contributed by atoms with van der Waals surface area (Å²) in [7, 11) is 0. The molecule has 0 bridgehead atoms. The van der Waals surface area contributed by atoms with Crippen molar-refractivity contribution in [1.82, 2.24) is 0 Å². The van der Waals surface area contributed by atoms with Gasteiger partial charge in [-0.1, -0.05) is 45.9 Å². The van der Waals surface area contributed by atoms with Crippen LogP contribution in [0, 0.1) is 0 Å². The normalized spacial score (nSPS) is 8.92. The predicted octanol–water partition coefficient (Wildman–Crippen LogP) is 3.54. The van der Waals surface area contributed by atoms with E-state index in [1.54, 1.807) is 0 Å². The van der Waals surface area contributed by atoms with Gasteiger partial charge in [0.05, 0.1) is 0 Å². The number of benzene rings is 1. The van der Waals surface area contributed by atoms with E-state index in [0.29, 0.717) is 5.75 Å². The SMILES string of the molecule is CC.CCc1cccc(CC)c1O.